The number of hydrogen-bond acceptors (Lipinski definition) is 3. The fourth-order valence-corrected chi connectivity index (χ4v) is 3.14. The molecular weight excluding hydrogens is 248 g/mol. The van der Waals surface area contributed by atoms with E-state index in [0.717, 1.165) is 31.9 Å². The van der Waals surface area contributed by atoms with Gasteiger partial charge in [0.05, 0.1) is 12.2 Å². The number of aromatic nitrogens is 2. The van der Waals surface area contributed by atoms with Crippen LogP contribution >= 0.6 is 0 Å². The molecule has 1 aromatic rings. The first kappa shape index (κ1) is 15.3. The molecular formula is C16H28N4. The van der Waals surface area contributed by atoms with Crippen molar-refractivity contribution in [3.63, 3.8) is 0 Å². The predicted molar refractivity (Wildman–Crippen MR) is 83.7 cm³/mol. The van der Waals surface area contributed by atoms with Crippen LogP contribution in [0.15, 0.2) is 18.9 Å². The number of aryl methyl sites for hydroxylation is 1. The summed E-state index contributed by atoms with van der Waals surface area (Å²) in [6.45, 7) is 18.0. The van der Waals surface area contributed by atoms with Crippen molar-refractivity contribution in [2.24, 2.45) is 0 Å². The fourth-order valence-electron chi connectivity index (χ4n) is 3.14. The Labute approximate surface area is 123 Å². The van der Waals surface area contributed by atoms with Crippen molar-refractivity contribution in [2.75, 3.05) is 19.6 Å². The van der Waals surface area contributed by atoms with Crippen LogP contribution in [0.1, 0.15) is 32.0 Å². The average Bonchev–Trinajstić information content (AvgIpc) is 2.70. The minimum Gasteiger partial charge on any atom is -0.296 e. The first-order valence-corrected chi connectivity index (χ1v) is 7.63. The van der Waals surface area contributed by atoms with Gasteiger partial charge in [-0.1, -0.05) is 6.08 Å². The van der Waals surface area contributed by atoms with E-state index < -0.39 is 0 Å². The molecule has 0 radical (unpaired) electrons. The molecule has 4 nitrogen and oxygen atoms in total. The Kier molecular flexibility index (Phi) is 5.00. The number of nitrogens with zero attached hydrogens (tertiary/aromatic N) is 4. The summed E-state index contributed by atoms with van der Waals surface area (Å²) in [5, 5.41) is 4.54. The van der Waals surface area contributed by atoms with Gasteiger partial charge in [-0.15, -0.1) is 6.58 Å². The maximum atomic E-state index is 4.54. The van der Waals surface area contributed by atoms with Crippen LogP contribution in [0.5, 0.6) is 0 Å². The smallest absolute Gasteiger partial charge is 0.0638 e. The lowest BCUT2D eigenvalue weighted by molar-refractivity contribution is 0.0563. The Hall–Kier alpha value is -1.13. The predicted octanol–water partition coefficient (Wildman–Crippen LogP) is 2.29. The van der Waals surface area contributed by atoms with E-state index in [1.807, 2.05) is 10.8 Å². The molecule has 4 heteroatoms. The minimum atomic E-state index is 0.632. The van der Waals surface area contributed by atoms with E-state index in [0.29, 0.717) is 12.1 Å². The summed E-state index contributed by atoms with van der Waals surface area (Å²) >= 11 is 0. The van der Waals surface area contributed by atoms with Gasteiger partial charge in [-0.05, 0) is 27.7 Å². The standard InChI is InChI=1S/C16H28N4/c1-6-7-19-12-16(15(5)17-19)11-18-8-9-20(13(2)3)14(4)10-18/h6,12-14H,1,7-11H2,2-5H3. The summed E-state index contributed by atoms with van der Waals surface area (Å²) in [5.74, 6) is 0. The molecule has 2 rings (SSSR count). The molecule has 20 heavy (non-hydrogen) atoms. The Morgan fingerprint density at radius 3 is 2.80 bits per heavy atom. The quantitative estimate of drug-likeness (QED) is 0.771. The second-order valence-corrected chi connectivity index (χ2v) is 6.17. The van der Waals surface area contributed by atoms with Gasteiger partial charge in [0.2, 0.25) is 0 Å². The number of hydrogen-bond donors (Lipinski definition) is 0. The fraction of sp³-hybridized carbons (Fsp3) is 0.688. The third-order valence-electron chi connectivity index (χ3n) is 4.18. The molecule has 1 saturated heterocycles. The monoisotopic (exact) mass is 276 g/mol. The van der Waals surface area contributed by atoms with E-state index in [9.17, 15) is 0 Å². The molecule has 1 fully saturated rings. The van der Waals surface area contributed by atoms with E-state index in [1.54, 1.807) is 0 Å². The van der Waals surface area contributed by atoms with Gasteiger partial charge in [0.25, 0.3) is 0 Å². The van der Waals surface area contributed by atoms with Gasteiger partial charge in [-0.3, -0.25) is 14.5 Å². The first-order valence-electron chi connectivity index (χ1n) is 7.63. The number of allylic oxidation sites excluding steroid dienone is 1. The molecule has 1 aromatic heterocycles. The third-order valence-corrected chi connectivity index (χ3v) is 4.18. The van der Waals surface area contributed by atoms with Crippen molar-refractivity contribution in [1.29, 1.82) is 0 Å². The highest BCUT2D eigenvalue weighted by molar-refractivity contribution is 5.15. The summed E-state index contributed by atoms with van der Waals surface area (Å²) in [6.07, 6.45) is 4.05. The van der Waals surface area contributed by atoms with Crippen molar-refractivity contribution in [3.8, 4) is 0 Å². The largest absolute Gasteiger partial charge is 0.296 e. The van der Waals surface area contributed by atoms with Gasteiger partial charge in [0, 0.05) is 50.0 Å². The minimum absolute atomic E-state index is 0.632. The van der Waals surface area contributed by atoms with Crippen LogP contribution in [-0.2, 0) is 13.1 Å². The molecule has 1 aliphatic heterocycles. The molecule has 0 N–H and O–H groups in total. The van der Waals surface area contributed by atoms with E-state index in [2.05, 4.69) is 55.4 Å². The summed E-state index contributed by atoms with van der Waals surface area (Å²) < 4.78 is 1.98. The molecule has 0 amide bonds. The molecule has 1 unspecified atom stereocenters. The maximum absolute atomic E-state index is 4.54. The second-order valence-electron chi connectivity index (χ2n) is 6.17. The van der Waals surface area contributed by atoms with E-state index in [1.165, 1.54) is 12.1 Å². The lowest BCUT2D eigenvalue weighted by atomic mass is 10.1. The maximum Gasteiger partial charge on any atom is 0.0638 e. The van der Waals surface area contributed by atoms with E-state index in [4.69, 9.17) is 0 Å². The number of piperazine rings is 1. The Morgan fingerprint density at radius 2 is 2.20 bits per heavy atom. The summed E-state index contributed by atoms with van der Waals surface area (Å²) in [5.41, 5.74) is 2.49. The topological polar surface area (TPSA) is 24.3 Å². The van der Waals surface area contributed by atoms with Crippen molar-refractivity contribution in [1.82, 2.24) is 19.6 Å². The highest BCUT2D eigenvalue weighted by Crippen LogP contribution is 2.16. The zero-order chi connectivity index (χ0) is 14.7. The van der Waals surface area contributed by atoms with Crippen LogP contribution in [0, 0.1) is 6.92 Å². The van der Waals surface area contributed by atoms with Gasteiger partial charge >= 0.3 is 0 Å². The van der Waals surface area contributed by atoms with Crippen molar-refractivity contribution in [2.45, 2.75) is 52.9 Å². The molecule has 112 valence electrons. The summed E-state index contributed by atoms with van der Waals surface area (Å²) in [6, 6.07) is 1.27. The van der Waals surface area contributed by atoms with Gasteiger partial charge in [-0.2, -0.15) is 5.10 Å². The van der Waals surface area contributed by atoms with E-state index >= 15 is 0 Å². The highest BCUT2D eigenvalue weighted by Gasteiger charge is 2.25. The lowest BCUT2D eigenvalue weighted by Crippen LogP contribution is -2.53. The SMILES string of the molecule is C=CCn1cc(CN2CCN(C(C)C)C(C)C2)c(C)n1. The molecule has 0 saturated carbocycles. The van der Waals surface area contributed by atoms with Crippen LogP contribution in [0.3, 0.4) is 0 Å². The normalized spacial score (nSPS) is 21.6. The average molecular weight is 276 g/mol. The van der Waals surface area contributed by atoms with Gasteiger partial charge < -0.3 is 0 Å². The molecule has 0 spiro atoms. The van der Waals surface area contributed by atoms with Crippen molar-refractivity contribution in [3.05, 3.63) is 30.1 Å². The third kappa shape index (κ3) is 3.49. The molecule has 2 heterocycles. The zero-order valence-electron chi connectivity index (χ0n) is 13.3. The molecule has 0 aromatic carbocycles. The number of rotatable bonds is 5. The van der Waals surface area contributed by atoms with Crippen LogP contribution in [0.2, 0.25) is 0 Å². The lowest BCUT2D eigenvalue weighted by Gasteiger charge is -2.42. The molecule has 1 aliphatic rings. The Bertz CT molecular complexity index is 449. The summed E-state index contributed by atoms with van der Waals surface area (Å²) in [4.78, 5) is 5.14. The summed E-state index contributed by atoms with van der Waals surface area (Å²) in [7, 11) is 0. The second kappa shape index (κ2) is 6.55. The highest BCUT2D eigenvalue weighted by atomic mass is 15.3. The van der Waals surface area contributed by atoms with Crippen LogP contribution in [0.25, 0.3) is 0 Å². The van der Waals surface area contributed by atoms with Gasteiger partial charge in [0.1, 0.15) is 0 Å². The van der Waals surface area contributed by atoms with Crippen molar-refractivity contribution >= 4 is 0 Å². The first-order chi connectivity index (χ1) is 9.51. The zero-order valence-corrected chi connectivity index (χ0v) is 13.3. The van der Waals surface area contributed by atoms with Crippen molar-refractivity contribution < 1.29 is 0 Å². The van der Waals surface area contributed by atoms with Gasteiger partial charge in [-0.25, -0.2) is 0 Å². The van der Waals surface area contributed by atoms with Crippen LogP contribution in [0.4, 0.5) is 0 Å². The van der Waals surface area contributed by atoms with Crippen LogP contribution < -0.4 is 0 Å². The van der Waals surface area contributed by atoms with Crippen LogP contribution in [-0.4, -0.2) is 51.3 Å². The van der Waals surface area contributed by atoms with E-state index in [-0.39, 0.29) is 0 Å². The van der Waals surface area contributed by atoms with Gasteiger partial charge in [0.15, 0.2) is 0 Å². The molecule has 0 bridgehead atoms. The Morgan fingerprint density at radius 1 is 1.45 bits per heavy atom. The molecule has 1 atom stereocenters. The molecule has 0 aliphatic carbocycles. The Balaban J connectivity index is 1.96.